The van der Waals surface area contributed by atoms with Gasteiger partial charge in [0, 0.05) is 52.9 Å². The van der Waals surface area contributed by atoms with Gasteiger partial charge in [0.05, 0.1) is 12.1 Å². The summed E-state index contributed by atoms with van der Waals surface area (Å²) in [6, 6.07) is 11.2. The van der Waals surface area contributed by atoms with Gasteiger partial charge in [-0.05, 0) is 51.3 Å². The van der Waals surface area contributed by atoms with Gasteiger partial charge in [0.2, 0.25) is 5.91 Å². The predicted octanol–water partition coefficient (Wildman–Crippen LogP) is 2.03. The molecule has 1 aromatic rings. The van der Waals surface area contributed by atoms with E-state index < -0.39 is 0 Å². The fraction of sp³-hybridized carbons (Fsp3) is 0.680. The first-order valence-electron chi connectivity index (χ1n) is 12.4. The molecular weight excluding hydrogens is 400 g/mol. The molecule has 3 aliphatic heterocycles. The predicted molar refractivity (Wildman–Crippen MR) is 130 cm³/mol. The highest BCUT2D eigenvalue weighted by atomic mass is 16.2. The molecule has 176 valence electrons. The Kier molecular flexibility index (Phi) is 8.03. The van der Waals surface area contributed by atoms with Crippen LogP contribution in [0.25, 0.3) is 0 Å². The third-order valence-electron chi connectivity index (χ3n) is 7.37. The number of guanidine groups is 1. The van der Waals surface area contributed by atoms with Crippen molar-refractivity contribution in [1.82, 2.24) is 24.9 Å². The van der Waals surface area contributed by atoms with Gasteiger partial charge in [-0.2, -0.15) is 0 Å². The van der Waals surface area contributed by atoms with Crippen molar-refractivity contribution >= 4 is 11.9 Å². The molecule has 1 N–H and O–H groups in total. The lowest BCUT2D eigenvalue weighted by atomic mass is 10.1. The van der Waals surface area contributed by atoms with Crippen LogP contribution in [0.3, 0.4) is 0 Å². The topological polar surface area (TPSA) is 54.4 Å². The molecule has 3 saturated heterocycles. The third kappa shape index (κ3) is 5.44. The van der Waals surface area contributed by atoms with Crippen LogP contribution in [0.1, 0.15) is 44.2 Å². The lowest BCUT2D eigenvalue weighted by Crippen LogP contribution is -2.57. The van der Waals surface area contributed by atoms with Crippen LogP contribution in [0.5, 0.6) is 0 Å². The Hall–Kier alpha value is -2.12. The maximum Gasteiger partial charge on any atom is 0.239 e. The molecule has 0 bridgehead atoms. The molecule has 0 aliphatic carbocycles. The van der Waals surface area contributed by atoms with Crippen molar-refractivity contribution in [2.75, 3.05) is 66.0 Å². The highest BCUT2D eigenvalue weighted by Crippen LogP contribution is 2.24. The van der Waals surface area contributed by atoms with Crippen LogP contribution in [0.2, 0.25) is 0 Å². The van der Waals surface area contributed by atoms with E-state index >= 15 is 0 Å². The number of piperazine rings is 1. The molecule has 3 aliphatic rings. The SMILES string of the molecule is CN=C(NCC(c1ccccc1)N1CCCC1)N1CCN(C(C)C(=O)N2CCCC2)CC1. The number of aliphatic imine (C=N–C) groups is 1. The Balaban J connectivity index is 1.31. The van der Waals surface area contributed by atoms with E-state index in [1.54, 1.807) is 0 Å². The molecule has 0 radical (unpaired) electrons. The summed E-state index contributed by atoms with van der Waals surface area (Å²) in [5.41, 5.74) is 1.37. The zero-order chi connectivity index (χ0) is 22.3. The van der Waals surface area contributed by atoms with Gasteiger partial charge in [0.15, 0.2) is 5.96 Å². The average molecular weight is 441 g/mol. The largest absolute Gasteiger partial charge is 0.354 e. The van der Waals surface area contributed by atoms with Gasteiger partial charge in [0.1, 0.15) is 0 Å². The van der Waals surface area contributed by atoms with E-state index in [1.165, 1.54) is 31.5 Å². The zero-order valence-electron chi connectivity index (χ0n) is 19.9. The number of carbonyl (C=O) groups excluding carboxylic acids is 1. The highest BCUT2D eigenvalue weighted by Gasteiger charge is 2.31. The second kappa shape index (κ2) is 11.1. The van der Waals surface area contributed by atoms with Crippen LogP contribution in [0.4, 0.5) is 0 Å². The van der Waals surface area contributed by atoms with E-state index in [9.17, 15) is 4.79 Å². The van der Waals surface area contributed by atoms with E-state index in [1.807, 2.05) is 11.9 Å². The Morgan fingerprint density at radius 3 is 2.12 bits per heavy atom. The van der Waals surface area contributed by atoms with Crippen molar-refractivity contribution in [3.63, 3.8) is 0 Å². The summed E-state index contributed by atoms with van der Waals surface area (Å²) in [6.07, 6.45) is 4.87. The molecule has 0 aromatic heterocycles. The van der Waals surface area contributed by atoms with Gasteiger partial charge < -0.3 is 15.1 Å². The Labute approximate surface area is 193 Å². The molecule has 0 saturated carbocycles. The maximum atomic E-state index is 12.8. The van der Waals surface area contributed by atoms with E-state index in [0.29, 0.717) is 11.9 Å². The maximum absolute atomic E-state index is 12.8. The van der Waals surface area contributed by atoms with Crippen LogP contribution < -0.4 is 5.32 Å². The fourth-order valence-electron chi connectivity index (χ4n) is 5.39. The quantitative estimate of drug-likeness (QED) is 0.542. The van der Waals surface area contributed by atoms with E-state index in [0.717, 1.165) is 64.6 Å². The molecule has 2 unspecified atom stereocenters. The number of rotatable bonds is 6. The number of benzene rings is 1. The second-order valence-corrected chi connectivity index (χ2v) is 9.33. The first kappa shape index (κ1) is 23.1. The summed E-state index contributed by atoms with van der Waals surface area (Å²) in [5.74, 6) is 1.28. The van der Waals surface area contributed by atoms with Gasteiger partial charge in [-0.25, -0.2) is 0 Å². The van der Waals surface area contributed by atoms with Crippen molar-refractivity contribution in [2.24, 2.45) is 4.99 Å². The van der Waals surface area contributed by atoms with Gasteiger partial charge in [-0.1, -0.05) is 30.3 Å². The van der Waals surface area contributed by atoms with Crippen molar-refractivity contribution < 1.29 is 4.79 Å². The number of amides is 1. The Morgan fingerprint density at radius 2 is 1.50 bits per heavy atom. The van der Waals surface area contributed by atoms with Crippen molar-refractivity contribution in [3.05, 3.63) is 35.9 Å². The van der Waals surface area contributed by atoms with E-state index in [4.69, 9.17) is 0 Å². The highest BCUT2D eigenvalue weighted by molar-refractivity contribution is 5.82. The number of hydrogen-bond acceptors (Lipinski definition) is 4. The lowest BCUT2D eigenvalue weighted by molar-refractivity contribution is -0.135. The molecule has 4 rings (SSSR count). The number of hydrogen-bond donors (Lipinski definition) is 1. The zero-order valence-corrected chi connectivity index (χ0v) is 19.9. The minimum absolute atomic E-state index is 0.0251. The Bertz CT molecular complexity index is 749. The number of nitrogens with one attached hydrogen (secondary N) is 1. The molecule has 1 amide bonds. The second-order valence-electron chi connectivity index (χ2n) is 9.33. The summed E-state index contributed by atoms with van der Waals surface area (Å²) >= 11 is 0. The molecule has 7 nitrogen and oxygen atoms in total. The van der Waals surface area contributed by atoms with Gasteiger partial charge >= 0.3 is 0 Å². The van der Waals surface area contributed by atoms with Crippen molar-refractivity contribution in [2.45, 2.75) is 44.7 Å². The molecule has 1 aromatic carbocycles. The van der Waals surface area contributed by atoms with E-state index in [-0.39, 0.29) is 6.04 Å². The van der Waals surface area contributed by atoms with Gasteiger partial charge in [-0.3, -0.25) is 19.6 Å². The minimum Gasteiger partial charge on any atom is -0.354 e. The normalized spacial score (nSPS) is 22.9. The molecule has 2 atom stereocenters. The summed E-state index contributed by atoms with van der Waals surface area (Å²) in [7, 11) is 1.88. The van der Waals surface area contributed by atoms with Crippen molar-refractivity contribution in [3.8, 4) is 0 Å². The Morgan fingerprint density at radius 1 is 0.875 bits per heavy atom. The molecule has 3 fully saturated rings. The molecule has 0 spiro atoms. The summed E-state index contributed by atoms with van der Waals surface area (Å²) in [6.45, 7) is 10.7. The lowest BCUT2D eigenvalue weighted by Gasteiger charge is -2.40. The van der Waals surface area contributed by atoms with E-state index in [2.05, 4.69) is 62.3 Å². The van der Waals surface area contributed by atoms with Gasteiger partial charge in [0.25, 0.3) is 0 Å². The van der Waals surface area contributed by atoms with Crippen LogP contribution in [0, 0.1) is 0 Å². The fourth-order valence-corrected chi connectivity index (χ4v) is 5.39. The van der Waals surface area contributed by atoms with Crippen LogP contribution in [0.15, 0.2) is 35.3 Å². The van der Waals surface area contributed by atoms with Crippen LogP contribution >= 0.6 is 0 Å². The minimum atomic E-state index is -0.0251. The standard InChI is InChI=1S/C25H40N6O/c1-21(24(32)30-14-8-9-15-30)28-16-18-31(19-17-28)25(26-2)27-20-23(29-12-6-7-13-29)22-10-4-3-5-11-22/h3-5,10-11,21,23H,6-9,12-20H2,1-2H3,(H,26,27). The first-order chi connectivity index (χ1) is 15.7. The van der Waals surface area contributed by atoms with Crippen LogP contribution in [-0.4, -0.2) is 103 Å². The smallest absolute Gasteiger partial charge is 0.239 e. The number of nitrogens with zero attached hydrogens (tertiary/aromatic N) is 5. The van der Waals surface area contributed by atoms with Crippen molar-refractivity contribution in [1.29, 1.82) is 0 Å². The summed E-state index contributed by atoms with van der Waals surface area (Å²) < 4.78 is 0. The molecule has 3 heterocycles. The summed E-state index contributed by atoms with van der Waals surface area (Å²) in [5, 5.41) is 3.67. The average Bonchev–Trinajstić information content (AvgIpc) is 3.57. The summed E-state index contributed by atoms with van der Waals surface area (Å²) in [4.78, 5) is 26.7. The van der Waals surface area contributed by atoms with Gasteiger partial charge in [-0.15, -0.1) is 0 Å². The van der Waals surface area contributed by atoms with Crippen LogP contribution in [-0.2, 0) is 4.79 Å². The molecular formula is C25H40N6O. The third-order valence-corrected chi connectivity index (χ3v) is 7.37. The number of likely N-dealkylation sites (tertiary alicyclic amines) is 2. The monoisotopic (exact) mass is 440 g/mol. The first-order valence-corrected chi connectivity index (χ1v) is 12.4. The molecule has 7 heteroatoms. The molecule has 32 heavy (non-hydrogen) atoms. The number of carbonyl (C=O) groups is 1.